The lowest BCUT2D eigenvalue weighted by molar-refractivity contribution is -0.156. The number of fused-ring (bicyclic) bond motifs is 1. The summed E-state index contributed by atoms with van der Waals surface area (Å²) in [7, 11) is 0. The fraction of sp³-hybridized carbons (Fsp3) is 0.269. The topological polar surface area (TPSA) is 59.5 Å². The monoisotopic (exact) mass is 414 g/mol. The van der Waals surface area contributed by atoms with E-state index in [-0.39, 0.29) is 17.8 Å². The molecular formula is C26H26N2O3. The fourth-order valence-corrected chi connectivity index (χ4v) is 3.71. The summed E-state index contributed by atoms with van der Waals surface area (Å²) in [6.45, 7) is 7.93. The maximum absolute atomic E-state index is 13.0. The molecule has 1 unspecified atom stereocenters. The van der Waals surface area contributed by atoms with Gasteiger partial charge in [0.05, 0.1) is 12.5 Å². The molecule has 1 amide bonds. The molecule has 0 fully saturated rings. The van der Waals surface area contributed by atoms with Gasteiger partial charge in [0.25, 0.3) is 5.91 Å². The normalized spacial score (nSPS) is 14.3. The summed E-state index contributed by atoms with van der Waals surface area (Å²) >= 11 is 0. The van der Waals surface area contributed by atoms with Gasteiger partial charge in [-0.25, -0.2) is 0 Å². The molecule has 0 spiro atoms. The molecule has 0 saturated heterocycles. The van der Waals surface area contributed by atoms with Gasteiger partial charge < -0.3 is 9.64 Å². The van der Waals surface area contributed by atoms with Crippen LogP contribution in [-0.4, -0.2) is 22.5 Å². The zero-order chi connectivity index (χ0) is 22.2. The van der Waals surface area contributed by atoms with Gasteiger partial charge in [-0.3, -0.25) is 14.6 Å². The Morgan fingerprint density at radius 3 is 2.45 bits per heavy atom. The van der Waals surface area contributed by atoms with Gasteiger partial charge in [0.15, 0.2) is 0 Å². The van der Waals surface area contributed by atoms with Crippen LogP contribution in [0.1, 0.15) is 55.1 Å². The third-order valence-electron chi connectivity index (χ3n) is 5.37. The summed E-state index contributed by atoms with van der Waals surface area (Å²) in [4.78, 5) is 31.3. The molecule has 5 nitrogen and oxygen atoms in total. The number of esters is 1. The number of carbonyl (C=O) groups excluding carboxylic acids is 2. The van der Waals surface area contributed by atoms with Gasteiger partial charge in [0.1, 0.15) is 5.60 Å². The van der Waals surface area contributed by atoms with Crippen molar-refractivity contribution in [2.75, 3.05) is 4.90 Å². The van der Waals surface area contributed by atoms with Crippen molar-refractivity contribution in [2.45, 2.75) is 45.8 Å². The average Bonchev–Trinajstić information content (AvgIpc) is 3.08. The van der Waals surface area contributed by atoms with Gasteiger partial charge in [0, 0.05) is 23.6 Å². The number of aromatic nitrogens is 1. The molecule has 158 valence electrons. The van der Waals surface area contributed by atoms with E-state index < -0.39 is 5.60 Å². The summed E-state index contributed by atoms with van der Waals surface area (Å²) in [5.41, 5.74) is 4.94. The molecule has 2 aromatic carbocycles. The van der Waals surface area contributed by atoms with E-state index in [1.165, 1.54) is 0 Å². The zero-order valence-electron chi connectivity index (χ0n) is 18.3. The maximum Gasteiger partial charge on any atom is 0.313 e. The van der Waals surface area contributed by atoms with Crippen molar-refractivity contribution in [3.63, 3.8) is 0 Å². The molecule has 31 heavy (non-hydrogen) atoms. The predicted octanol–water partition coefficient (Wildman–Crippen LogP) is 5.35. The van der Waals surface area contributed by atoms with Crippen LogP contribution in [0.4, 0.5) is 5.69 Å². The summed E-state index contributed by atoms with van der Waals surface area (Å²) in [6.07, 6.45) is 3.57. The third-order valence-corrected chi connectivity index (χ3v) is 5.37. The number of nitrogens with zero attached hydrogens (tertiary/aromatic N) is 2. The molecule has 0 saturated carbocycles. The predicted molar refractivity (Wildman–Crippen MR) is 121 cm³/mol. The van der Waals surface area contributed by atoms with Gasteiger partial charge >= 0.3 is 5.97 Å². The Kier molecular flexibility index (Phi) is 5.36. The number of hydrogen-bond acceptors (Lipinski definition) is 4. The Balaban J connectivity index is 1.52. The Morgan fingerprint density at radius 2 is 1.81 bits per heavy atom. The lowest BCUT2D eigenvalue weighted by atomic mass is 10.0. The van der Waals surface area contributed by atoms with E-state index in [0.717, 1.165) is 33.5 Å². The van der Waals surface area contributed by atoms with Crippen molar-refractivity contribution >= 4 is 17.6 Å². The minimum atomic E-state index is -0.520. The maximum atomic E-state index is 13.0. The minimum Gasteiger partial charge on any atom is -0.460 e. The molecule has 0 radical (unpaired) electrons. The number of hydrogen-bond donors (Lipinski definition) is 0. The molecule has 3 aromatic rings. The van der Waals surface area contributed by atoms with Crippen LogP contribution in [0.5, 0.6) is 0 Å². The summed E-state index contributed by atoms with van der Waals surface area (Å²) in [6, 6.07) is 17.4. The quantitative estimate of drug-likeness (QED) is 0.540. The SMILES string of the molecule is CC(C(=O)OC(C)(C)C)c1ccc(N2Cc3cc(-c4cccnc4)ccc3C2=O)cc1. The van der Waals surface area contributed by atoms with E-state index >= 15 is 0 Å². The number of benzene rings is 2. The van der Waals surface area contributed by atoms with Gasteiger partial charge in [-0.2, -0.15) is 0 Å². The van der Waals surface area contributed by atoms with Crippen LogP contribution in [0.2, 0.25) is 0 Å². The first kappa shape index (κ1) is 20.8. The molecular weight excluding hydrogens is 388 g/mol. The van der Waals surface area contributed by atoms with Crippen molar-refractivity contribution in [1.82, 2.24) is 4.98 Å². The zero-order valence-corrected chi connectivity index (χ0v) is 18.3. The second kappa shape index (κ2) is 7.99. The van der Waals surface area contributed by atoms with Crippen LogP contribution >= 0.6 is 0 Å². The van der Waals surface area contributed by atoms with Gasteiger partial charge in [-0.15, -0.1) is 0 Å². The molecule has 0 N–H and O–H groups in total. The third kappa shape index (κ3) is 4.36. The van der Waals surface area contributed by atoms with Gasteiger partial charge in [0.2, 0.25) is 0 Å². The van der Waals surface area contributed by atoms with E-state index in [1.807, 2.05) is 82.4 Å². The van der Waals surface area contributed by atoms with Crippen LogP contribution in [0.25, 0.3) is 11.1 Å². The molecule has 5 heteroatoms. The first-order valence-electron chi connectivity index (χ1n) is 10.4. The molecule has 1 aliphatic rings. The van der Waals surface area contributed by atoms with Crippen molar-refractivity contribution in [3.8, 4) is 11.1 Å². The highest BCUT2D eigenvalue weighted by molar-refractivity contribution is 6.10. The number of rotatable bonds is 4. The van der Waals surface area contributed by atoms with E-state index in [1.54, 1.807) is 11.1 Å². The van der Waals surface area contributed by atoms with Crippen LogP contribution in [0.3, 0.4) is 0 Å². The van der Waals surface area contributed by atoms with Crippen molar-refractivity contribution < 1.29 is 14.3 Å². The highest BCUT2D eigenvalue weighted by Gasteiger charge is 2.29. The molecule has 0 bridgehead atoms. The van der Waals surface area contributed by atoms with Crippen LogP contribution in [0, 0.1) is 0 Å². The molecule has 1 atom stereocenters. The van der Waals surface area contributed by atoms with Crippen molar-refractivity contribution in [1.29, 1.82) is 0 Å². The number of pyridine rings is 1. The molecule has 2 heterocycles. The highest BCUT2D eigenvalue weighted by Crippen LogP contribution is 2.32. The minimum absolute atomic E-state index is 0.0133. The molecule has 1 aromatic heterocycles. The highest BCUT2D eigenvalue weighted by atomic mass is 16.6. The lowest BCUT2D eigenvalue weighted by Gasteiger charge is -2.23. The van der Waals surface area contributed by atoms with Crippen LogP contribution < -0.4 is 4.90 Å². The van der Waals surface area contributed by atoms with Crippen LogP contribution in [0.15, 0.2) is 67.0 Å². The van der Waals surface area contributed by atoms with Crippen molar-refractivity contribution in [2.24, 2.45) is 0 Å². The van der Waals surface area contributed by atoms with E-state index in [9.17, 15) is 9.59 Å². The number of carbonyl (C=O) groups is 2. The van der Waals surface area contributed by atoms with E-state index in [4.69, 9.17) is 4.74 Å². The second-order valence-corrected chi connectivity index (χ2v) is 8.85. The Bertz CT molecular complexity index is 1120. The fourth-order valence-electron chi connectivity index (χ4n) is 3.71. The van der Waals surface area contributed by atoms with E-state index in [0.29, 0.717) is 6.54 Å². The summed E-state index contributed by atoms with van der Waals surface area (Å²) < 4.78 is 5.48. The Hall–Kier alpha value is -3.47. The second-order valence-electron chi connectivity index (χ2n) is 8.85. The van der Waals surface area contributed by atoms with Gasteiger partial charge in [-0.1, -0.05) is 24.3 Å². The van der Waals surface area contributed by atoms with Crippen LogP contribution in [-0.2, 0) is 16.1 Å². The first-order valence-corrected chi connectivity index (χ1v) is 10.4. The Morgan fingerprint density at radius 1 is 1.06 bits per heavy atom. The largest absolute Gasteiger partial charge is 0.460 e. The van der Waals surface area contributed by atoms with E-state index in [2.05, 4.69) is 11.1 Å². The molecule has 1 aliphatic heterocycles. The molecule has 0 aliphatic carbocycles. The number of anilines is 1. The first-order chi connectivity index (χ1) is 14.7. The smallest absolute Gasteiger partial charge is 0.313 e. The summed E-state index contributed by atoms with van der Waals surface area (Å²) in [5, 5.41) is 0. The average molecular weight is 415 g/mol. The number of ether oxygens (including phenoxy) is 1. The Labute approximate surface area is 182 Å². The standard InChI is InChI=1S/C26H26N2O3/c1-17(25(30)31-26(2,3)4)18-7-10-22(11-8-18)28-16-21-14-19(9-12-23(21)24(28)29)20-6-5-13-27-15-20/h5-15,17H,16H2,1-4H3. The summed E-state index contributed by atoms with van der Waals surface area (Å²) in [5.74, 6) is -0.643. The molecule has 4 rings (SSSR count). The van der Waals surface area contributed by atoms with Gasteiger partial charge in [-0.05, 0) is 80.3 Å². The van der Waals surface area contributed by atoms with Crippen molar-refractivity contribution in [3.05, 3.63) is 83.7 Å². The lowest BCUT2D eigenvalue weighted by Crippen LogP contribution is -2.27. The number of amides is 1.